The minimum Gasteiger partial charge on any atom is -0.308 e. The number of imidazole rings is 1. The van der Waals surface area contributed by atoms with Crippen molar-refractivity contribution in [1.29, 1.82) is 0 Å². The number of rotatable bonds is 4. The quantitative estimate of drug-likeness (QED) is 0.569. The molecule has 0 amide bonds. The number of benzene rings is 2. The van der Waals surface area contributed by atoms with Gasteiger partial charge in [-0.25, -0.2) is 4.79 Å². The highest BCUT2D eigenvalue weighted by Crippen LogP contribution is 2.24. The highest BCUT2D eigenvalue weighted by atomic mass is 16.1. The second kappa shape index (κ2) is 6.14. The van der Waals surface area contributed by atoms with Crippen LogP contribution in [0.5, 0.6) is 0 Å². The standard InChI is InChI=1S/C20H23N5O/c1-14-16-13-15(9-10-17(16)24(21-14)12-11-22(2)3)25-19-8-6-5-7-18(19)23(4)20(25)26/h5-10,13H,11-12H2,1-4H3. The van der Waals surface area contributed by atoms with Crippen LogP contribution in [-0.2, 0) is 13.6 Å². The average Bonchev–Trinajstić information content (AvgIpc) is 3.08. The first-order chi connectivity index (χ1) is 12.5. The van der Waals surface area contributed by atoms with Gasteiger partial charge in [-0.3, -0.25) is 13.8 Å². The van der Waals surface area contributed by atoms with E-state index in [4.69, 9.17) is 0 Å². The minimum absolute atomic E-state index is 0.0387. The first-order valence-electron chi connectivity index (χ1n) is 8.76. The summed E-state index contributed by atoms with van der Waals surface area (Å²) in [7, 11) is 5.93. The zero-order valence-electron chi connectivity index (χ0n) is 15.6. The SMILES string of the molecule is Cc1nn(CCN(C)C)c2ccc(-n3c(=O)n(C)c4ccccc43)cc12. The largest absolute Gasteiger partial charge is 0.333 e. The molecule has 0 spiro atoms. The van der Waals surface area contributed by atoms with Crippen LogP contribution in [0.4, 0.5) is 0 Å². The Bertz CT molecular complexity index is 1160. The Kier molecular flexibility index (Phi) is 3.92. The molecule has 4 rings (SSSR count). The number of hydrogen-bond acceptors (Lipinski definition) is 3. The summed E-state index contributed by atoms with van der Waals surface area (Å²) in [6.45, 7) is 3.79. The summed E-state index contributed by atoms with van der Waals surface area (Å²) >= 11 is 0. The van der Waals surface area contributed by atoms with Crippen LogP contribution in [0.15, 0.2) is 47.3 Å². The fourth-order valence-electron chi connectivity index (χ4n) is 3.47. The lowest BCUT2D eigenvalue weighted by Gasteiger charge is -2.10. The number of likely N-dealkylation sites (N-methyl/N-ethyl adjacent to an activating group) is 1. The number of aryl methyl sites for hydroxylation is 2. The van der Waals surface area contributed by atoms with Crippen molar-refractivity contribution in [2.75, 3.05) is 20.6 Å². The van der Waals surface area contributed by atoms with Gasteiger partial charge in [0.15, 0.2) is 0 Å². The van der Waals surface area contributed by atoms with Gasteiger partial charge < -0.3 is 4.90 Å². The van der Waals surface area contributed by atoms with Crippen molar-refractivity contribution in [3.05, 3.63) is 58.6 Å². The first kappa shape index (κ1) is 16.6. The van der Waals surface area contributed by atoms with E-state index in [9.17, 15) is 4.79 Å². The molecule has 0 saturated heterocycles. The third kappa shape index (κ3) is 2.54. The summed E-state index contributed by atoms with van der Waals surface area (Å²) in [5, 5.41) is 5.77. The van der Waals surface area contributed by atoms with Crippen molar-refractivity contribution < 1.29 is 0 Å². The second-order valence-corrected chi connectivity index (χ2v) is 6.98. The highest BCUT2D eigenvalue weighted by Gasteiger charge is 2.14. The summed E-state index contributed by atoms with van der Waals surface area (Å²) in [6, 6.07) is 14.0. The normalized spacial score (nSPS) is 11.9. The Morgan fingerprint density at radius 2 is 1.77 bits per heavy atom. The number of fused-ring (bicyclic) bond motifs is 2. The molecule has 0 aliphatic rings. The van der Waals surface area contributed by atoms with Crippen molar-refractivity contribution in [2.45, 2.75) is 13.5 Å². The summed E-state index contributed by atoms with van der Waals surface area (Å²) < 4.78 is 5.50. The van der Waals surface area contributed by atoms with Crippen molar-refractivity contribution >= 4 is 21.9 Å². The highest BCUT2D eigenvalue weighted by molar-refractivity contribution is 5.85. The smallest absolute Gasteiger partial charge is 0.308 e. The lowest BCUT2D eigenvalue weighted by Crippen LogP contribution is -2.20. The molecule has 2 heterocycles. The molecule has 6 heteroatoms. The van der Waals surface area contributed by atoms with Crippen LogP contribution in [0.2, 0.25) is 0 Å². The zero-order valence-corrected chi connectivity index (χ0v) is 15.6. The third-order valence-corrected chi connectivity index (χ3v) is 4.90. The molecule has 2 aromatic carbocycles. The number of aromatic nitrogens is 4. The second-order valence-electron chi connectivity index (χ2n) is 6.98. The van der Waals surface area contributed by atoms with Crippen molar-refractivity contribution in [3.8, 4) is 5.69 Å². The fraction of sp³-hybridized carbons (Fsp3) is 0.300. The molecule has 0 unspecified atom stereocenters. The van der Waals surface area contributed by atoms with Gasteiger partial charge in [-0.1, -0.05) is 12.1 Å². The fourth-order valence-corrected chi connectivity index (χ4v) is 3.47. The predicted octanol–water partition coefficient (Wildman–Crippen LogP) is 2.55. The molecule has 0 atom stereocenters. The van der Waals surface area contributed by atoms with Gasteiger partial charge in [0.05, 0.1) is 34.5 Å². The topological polar surface area (TPSA) is 48.0 Å². The van der Waals surface area contributed by atoms with E-state index >= 15 is 0 Å². The monoisotopic (exact) mass is 349 g/mol. The van der Waals surface area contributed by atoms with E-state index in [0.717, 1.165) is 46.4 Å². The minimum atomic E-state index is -0.0387. The third-order valence-electron chi connectivity index (χ3n) is 4.90. The Morgan fingerprint density at radius 1 is 1.04 bits per heavy atom. The Labute approximate surface area is 151 Å². The van der Waals surface area contributed by atoms with Crippen LogP contribution in [0.1, 0.15) is 5.69 Å². The molecule has 26 heavy (non-hydrogen) atoms. The molecule has 2 aromatic heterocycles. The van der Waals surface area contributed by atoms with E-state index in [1.54, 1.807) is 9.13 Å². The van der Waals surface area contributed by atoms with E-state index in [-0.39, 0.29) is 5.69 Å². The number of nitrogens with zero attached hydrogens (tertiary/aromatic N) is 5. The van der Waals surface area contributed by atoms with Gasteiger partial charge in [-0.05, 0) is 51.4 Å². The van der Waals surface area contributed by atoms with Crippen LogP contribution < -0.4 is 5.69 Å². The number of para-hydroxylation sites is 2. The van der Waals surface area contributed by atoms with E-state index < -0.39 is 0 Å². The van der Waals surface area contributed by atoms with Gasteiger partial charge in [-0.2, -0.15) is 5.10 Å². The van der Waals surface area contributed by atoms with E-state index in [1.165, 1.54) is 0 Å². The molecule has 0 radical (unpaired) electrons. The maximum Gasteiger partial charge on any atom is 0.333 e. The predicted molar refractivity (Wildman–Crippen MR) is 105 cm³/mol. The van der Waals surface area contributed by atoms with E-state index in [1.807, 2.05) is 49.0 Å². The van der Waals surface area contributed by atoms with Crippen molar-refractivity contribution in [2.24, 2.45) is 7.05 Å². The van der Waals surface area contributed by atoms with Crippen LogP contribution >= 0.6 is 0 Å². The Morgan fingerprint density at radius 3 is 2.50 bits per heavy atom. The van der Waals surface area contributed by atoms with Gasteiger partial charge in [0.1, 0.15) is 0 Å². The van der Waals surface area contributed by atoms with Crippen LogP contribution in [0.3, 0.4) is 0 Å². The maximum atomic E-state index is 12.8. The molecule has 0 fully saturated rings. The molecular weight excluding hydrogens is 326 g/mol. The molecular formula is C20H23N5O. The first-order valence-corrected chi connectivity index (χ1v) is 8.76. The summed E-state index contributed by atoms with van der Waals surface area (Å²) in [4.78, 5) is 14.9. The zero-order chi connectivity index (χ0) is 18.4. The van der Waals surface area contributed by atoms with Gasteiger partial charge in [0.2, 0.25) is 0 Å². The molecule has 6 nitrogen and oxygen atoms in total. The van der Waals surface area contributed by atoms with Gasteiger partial charge in [-0.15, -0.1) is 0 Å². The van der Waals surface area contributed by atoms with Crippen LogP contribution in [0, 0.1) is 6.92 Å². The maximum absolute atomic E-state index is 12.8. The molecule has 0 saturated carbocycles. The summed E-state index contributed by atoms with van der Waals surface area (Å²) in [5.74, 6) is 0. The summed E-state index contributed by atoms with van der Waals surface area (Å²) in [5.41, 5.74) is 4.75. The van der Waals surface area contributed by atoms with Crippen molar-refractivity contribution in [1.82, 2.24) is 23.8 Å². The molecule has 0 aliphatic carbocycles. The van der Waals surface area contributed by atoms with Gasteiger partial charge >= 0.3 is 5.69 Å². The molecule has 0 bridgehead atoms. The summed E-state index contributed by atoms with van der Waals surface area (Å²) in [6.07, 6.45) is 0. The Hall–Kier alpha value is -2.86. The van der Waals surface area contributed by atoms with E-state index in [2.05, 4.69) is 36.2 Å². The lowest BCUT2D eigenvalue weighted by atomic mass is 10.2. The lowest BCUT2D eigenvalue weighted by molar-refractivity contribution is 0.376. The van der Waals surface area contributed by atoms with Crippen LogP contribution in [-0.4, -0.2) is 44.5 Å². The Balaban J connectivity index is 1.88. The van der Waals surface area contributed by atoms with Gasteiger partial charge in [0.25, 0.3) is 0 Å². The van der Waals surface area contributed by atoms with Gasteiger partial charge in [0, 0.05) is 19.0 Å². The average molecular weight is 349 g/mol. The van der Waals surface area contributed by atoms with Crippen LogP contribution in [0.25, 0.3) is 27.6 Å². The molecule has 0 N–H and O–H groups in total. The molecule has 0 aliphatic heterocycles. The van der Waals surface area contributed by atoms with E-state index in [0.29, 0.717) is 0 Å². The molecule has 134 valence electrons. The molecule has 4 aromatic rings. The number of hydrogen-bond donors (Lipinski definition) is 0. The van der Waals surface area contributed by atoms with Crippen molar-refractivity contribution in [3.63, 3.8) is 0 Å².